The average molecular weight is 446 g/mol. The van der Waals surface area contributed by atoms with E-state index in [1.165, 1.54) is 18.5 Å². The molecule has 3 heterocycles. The molecule has 0 bridgehead atoms. The highest BCUT2D eigenvalue weighted by atomic mass is 35.5. The normalized spacial score (nSPS) is 16.5. The van der Waals surface area contributed by atoms with E-state index in [1.54, 1.807) is 12.3 Å². The molecule has 1 unspecified atom stereocenters. The Morgan fingerprint density at radius 1 is 1.32 bits per heavy atom. The summed E-state index contributed by atoms with van der Waals surface area (Å²) in [6.07, 6.45) is 5.03. The molecule has 1 aromatic carbocycles. The van der Waals surface area contributed by atoms with Crippen LogP contribution in [0, 0.1) is 11.7 Å². The van der Waals surface area contributed by atoms with E-state index >= 15 is 0 Å². The second-order valence-electron chi connectivity index (χ2n) is 7.36. The van der Waals surface area contributed by atoms with E-state index in [0.717, 1.165) is 25.9 Å². The number of aliphatic carboxylic acids is 1. The van der Waals surface area contributed by atoms with Crippen molar-refractivity contribution < 1.29 is 14.3 Å². The van der Waals surface area contributed by atoms with Crippen LogP contribution in [0.4, 0.5) is 21.8 Å². The smallest absolute Gasteiger partial charge is 0.317 e. The summed E-state index contributed by atoms with van der Waals surface area (Å²) in [6, 6.07) is 4.32. The molecule has 0 aliphatic carbocycles. The predicted molar refractivity (Wildman–Crippen MR) is 115 cm³/mol. The third-order valence-corrected chi connectivity index (χ3v) is 5.35. The molecule has 4 rings (SSSR count). The van der Waals surface area contributed by atoms with E-state index in [1.807, 2.05) is 0 Å². The van der Waals surface area contributed by atoms with Gasteiger partial charge in [0.15, 0.2) is 5.82 Å². The largest absolute Gasteiger partial charge is 0.480 e. The zero-order valence-electron chi connectivity index (χ0n) is 16.6. The van der Waals surface area contributed by atoms with Crippen molar-refractivity contribution in [2.75, 3.05) is 36.4 Å². The molecular formula is C20H21ClFN7O2. The van der Waals surface area contributed by atoms with Crippen LogP contribution in [-0.4, -0.2) is 57.2 Å². The third-order valence-electron chi connectivity index (χ3n) is 5.06. The summed E-state index contributed by atoms with van der Waals surface area (Å²) < 4.78 is 13.5. The van der Waals surface area contributed by atoms with E-state index in [0.29, 0.717) is 40.9 Å². The van der Waals surface area contributed by atoms with Crippen LogP contribution in [-0.2, 0) is 4.79 Å². The van der Waals surface area contributed by atoms with Gasteiger partial charge in [0, 0.05) is 25.3 Å². The van der Waals surface area contributed by atoms with Gasteiger partial charge in [0.05, 0.1) is 17.8 Å². The summed E-state index contributed by atoms with van der Waals surface area (Å²) in [4.78, 5) is 30.4. The van der Waals surface area contributed by atoms with E-state index in [-0.39, 0.29) is 11.6 Å². The maximum atomic E-state index is 13.5. The molecule has 162 valence electrons. The molecule has 0 spiro atoms. The van der Waals surface area contributed by atoms with Gasteiger partial charge in [-0.3, -0.25) is 4.79 Å². The second-order valence-corrected chi connectivity index (χ2v) is 7.77. The van der Waals surface area contributed by atoms with Crippen molar-refractivity contribution in [2.24, 2.45) is 5.92 Å². The number of nitrogens with one attached hydrogen (secondary N) is 2. The lowest BCUT2D eigenvalue weighted by Gasteiger charge is -2.32. The number of halogens is 2. The van der Waals surface area contributed by atoms with Crippen molar-refractivity contribution in [3.63, 3.8) is 0 Å². The van der Waals surface area contributed by atoms with E-state index in [2.05, 4.69) is 35.5 Å². The molecule has 1 aliphatic heterocycles. The fourth-order valence-corrected chi connectivity index (χ4v) is 3.78. The van der Waals surface area contributed by atoms with E-state index < -0.39 is 11.8 Å². The summed E-state index contributed by atoms with van der Waals surface area (Å²) in [5.74, 6) is -0.0355. The van der Waals surface area contributed by atoms with Crippen molar-refractivity contribution >= 4 is 46.1 Å². The number of aromatic nitrogens is 4. The molecule has 1 atom stereocenters. The fraction of sp³-hybridized carbons (Fsp3) is 0.350. The average Bonchev–Trinajstić information content (AvgIpc) is 2.76. The summed E-state index contributed by atoms with van der Waals surface area (Å²) in [5.41, 5.74) is 1.69. The van der Waals surface area contributed by atoms with Gasteiger partial charge < -0.3 is 20.6 Å². The van der Waals surface area contributed by atoms with Crippen LogP contribution in [0.1, 0.15) is 12.8 Å². The molecule has 0 radical (unpaired) electrons. The highest BCUT2D eigenvalue weighted by molar-refractivity contribution is 6.31. The minimum absolute atomic E-state index is 0.00884. The summed E-state index contributed by atoms with van der Waals surface area (Å²) in [7, 11) is 0. The zero-order valence-corrected chi connectivity index (χ0v) is 17.3. The second kappa shape index (κ2) is 9.36. The van der Waals surface area contributed by atoms with E-state index in [4.69, 9.17) is 16.7 Å². The zero-order chi connectivity index (χ0) is 21.8. The number of piperidine rings is 1. The SMILES string of the molecule is O=C(O)CNCC1CCCN(c2ncc3ncnc(Nc4ccc(F)c(Cl)c4)c3n2)C1. The molecule has 1 saturated heterocycles. The Morgan fingerprint density at radius 2 is 2.19 bits per heavy atom. The minimum atomic E-state index is -0.868. The van der Waals surface area contributed by atoms with Crippen LogP contribution in [0.5, 0.6) is 0 Å². The van der Waals surface area contributed by atoms with Crippen molar-refractivity contribution in [3.8, 4) is 0 Å². The first-order chi connectivity index (χ1) is 15.0. The van der Waals surface area contributed by atoms with Crippen molar-refractivity contribution in [1.29, 1.82) is 0 Å². The Labute approximate surface area is 182 Å². The molecular weight excluding hydrogens is 425 g/mol. The first-order valence-corrected chi connectivity index (χ1v) is 10.2. The standard InChI is InChI=1S/C20H21ClFN7O2/c21-14-6-13(3-4-15(14)22)27-19-18-16(25-11-26-19)8-24-20(28-18)29-5-1-2-12(10-29)7-23-9-17(30)31/h3-4,6,8,11-12,23H,1-2,5,7,9-10H2,(H,30,31)(H,25,26,27). The van der Waals surface area contributed by atoms with Gasteiger partial charge in [-0.15, -0.1) is 0 Å². The maximum Gasteiger partial charge on any atom is 0.317 e. The topological polar surface area (TPSA) is 116 Å². The fourth-order valence-electron chi connectivity index (χ4n) is 3.60. The van der Waals surface area contributed by atoms with Crippen molar-refractivity contribution in [1.82, 2.24) is 25.3 Å². The molecule has 0 amide bonds. The Hall–Kier alpha value is -3.11. The summed E-state index contributed by atoms with van der Waals surface area (Å²) in [5, 5.41) is 14.9. The van der Waals surface area contributed by atoms with Gasteiger partial charge in [-0.05, 0) is 37.0 Å². The van der Waals surface area contributed by atoms with Crippen molar-refractivity contribution in [3.05, 3.63) is 41.6 Å². The van der Waals surface area contributed by atoms with Crippen LogP contribution in [0.3, 0.4) is 0 Å². The third kappa shape index (κ3) is 5.15. The number of anilines is 3. The number of hydrogen-bond donors (Lipinski definition) is 3. The molecule has 1 fully saturated rings. The molecule has 11 heteroatoms. The van der Waals surface area contributed by atoms with Gasteiger partial charge in [-0.1, -0.05) is 11.6 Å². The number of carbonyl (C=O) groups is 1. The van der Waals surface area contributed by atoms with Gasteiger partial charge in [0.25, 0.3) is 0 Å². The predicted octanol–water partition coefficient (Wildman–Crippen LogP) is 2.85. The Morgan fingerprint density at radius 3 is 3.00 bits per heavy atom. The molecule has 3 N–H and O–H groups in total. The highest BCUT2D eigenvalue weighted by Gasteiger charge is 2.22. The minimum Gasteiger partial charge on any atom is -0.480 e. The molecule has 31 heavy (non-hydrogen) atoms. The lowest BCUT2D eigenvalue weighted by Crippen LogP contribution is -2.41. The number of fused-ring (bicyclic) bond motifs is 1. The number of hydrogen-bond acceptors (Lipinski definition) is 8. The Kier molecular flexibility index (Phi) is 6.38. The number of benzene rings is 1. The summed E-state index contributed by atoms with van der Waals surface area (Å²) in [6.45, 7) is 2.10. The quantitative estimate of drug-likeness (QED) is 0.504. The van der Waals surface area contributed by atoms with Crippen molar-refractivity contribution in [2.45, 2.75) is 12.8 Å². The van der Waals surface area contributed by atoms with Crippen LogP contribution in [0.25, 0.3) is 11.0 Å². The maximum absolute atomic E-state index is 13.5. The number of carboxylic acids is 1. The molecule has 9 nitrogen and oxygen atoms in total. The molecule has 2 aromatic heterocycles. The lowest BCUT2D eigenvalue weighted by molar-refractivity contribution is -0.136. The van der Waals surface area contributed by atoms with Gasteiger partial charge in [-0.2, -0.15) is 0 Å². The van der Waals surface area contributed by atoms with Crippen LogP contribution >= 0.6 is 11.6 Å². The number of nitrogens with zero attached hydrogens (tertiary/aromatic N) is 5. The monoisotopic (exact) mass is 445 g/mol. The van der Waals surface area contributed by atoms with Crippen LogP contribution < -0.4 is 15.5 Å². The Bertz CT molecular complexity index is 1100. The molecule has 0 saturated carbocycles. The molecule has 3 aromatic rings. The Balaban J connectivity index is 1.54. The summed E-state index contributed by atoms with van der Waals surface area (Å²) >= 11 is 5.87. The van der Waals surface area contributed by atoms with Crippen LogP contribution in [0.15, 0.2) is 30.7 Å². The van der Waals surface area contributed by atoms with Crippen LogP contribution in [0.2, 0.25) is 5.02 Å². The van der Waals surface area contributed by atoms with Gasteiger partial charge in [-0.25, -0.2) is 24.3 Å². The first-order valence-electron chi connectivity index (χ1n) is 9.87. The molecule has 1 aliphatic rings. The lowest BCUT2D eigenvalue weighted by atomic mass is 9.98. The van der Waals surface area contributed by atoms with Gasteiger partial charge in [0.1, 0.15) is 23.2 Å². The highest BCUT2D eigenvalue weighted by Crippen LogP contribution is 2.27. The number of carboxylic acid groups (broad SMARTS) is 1. The first kappa shape index (κ1) is 21.1. The van der Waals surface area contributed by atoms with E-state index in [9.17, 15) is 9.18 Å². The van der Waals surface area contributed by atoms with Gasteiger partial charge >= 0.3 is 5.97 Å². The van der Waals surface area contributed by atoms with Gasteiger partial charge in [0.2, 0.25) is 5.95 Å². The number of rotatable bonds is 7.